The van der Waals surface area contributed by atoms with E-state index in [9.17, 15) is 14.4 Å². The largest absolute Gasteiger partial charge is 0.489 e. The number of likely N-dealkylation sites (tertiary alicyclic amines) is 2. The van der Waals surface area contributed by atoms with Crippen molar-refractivity contribution in [2.24, 2.45) is 11.7 Å². The Morgan fingerprint density at radius 3 is 2.62 bits per heavy atom. The molecule has 2 atom stereocenters. The topological polar surface area (TPSA) is 131 Å². The van der Waals surface area contributed by atoms with Gasteiger partial charge < -0.3 is 30.0 Å². The second-order valence-corrected chi connectivity index (χ2v) is 9.47. The van der Waals surface area contributed by atoms with Gasteiger partial charge in [0, 0.05) is 25.2 Å². The maximum absolute atomic E-state index is 12.6. The summed E-state index contributed by atoms with van der Waals surface area (Å²) in [5.74, 6) is 0.550. The third-order valence-corrected chi connectivity index (χ3v) is 6.60. The van der Waals surface area contributed by atoms with Gasteiger partial charge in [-0.15, -0.1) is 0 Å². The molecule has 37 heavy (non-hydrogen) atoms. The average Bonchev–Trinajstić information content (AvgIpc) is 3.49. The van der Waals surface area contributed by atoms with Crippen LogP contribution in [0.4, 0.5) is 5.69 Å². The van der Waals surface area contributed by atoms with Crippen LogP contribution in [0.5, 0.6) is 5.75 Å². The Hall–Kier alpha value is -3.92. The molecular weight excluding hydrogens is 474 g/mol. The van der Waals surface area contributed by atoms with Crippen molar-refractivity contribution in [1.29, 1.82) is 0 Å². The van der Waals surface area contributed by atoms with Gasteiger partial charge in [0.25, 0.3) is 5.91 Å². The molecule has 2 saturated heterocycles. The second kappa shape index (κ2) is 11.9. The van der Waals surface area contributed by atoms with Gasteiger partial charge in [0.2, 0.25) is 23.8 Å². The Bertz CT molecular complexity index is 1240. The normalized spacial score (nSPS) is 19.7. The van der Waals surface area contributed by atoms with Gasteiger partial charge in [-0.3, -0.25) is 14.4 Å². The minimum atomic E-state index is -0.750. The molecule has 0 spiro atoms. The number of piperidine rings is 1. The van der Waals surface area contributed by atoms with E-state index in [1.54, 1.807) is 19.1 Å². The predicted octanol–water partition coefficient (Wildman–Crippen LogP) is 2.81. The molecule has 2 unspecified atom stereocenters. The van der Waals surface area contributed by atoms with Crippen LogP contribution >= 0.6 is 0 Å². The number of pyridine rings is 1. The molecule has 1 aromatic carbocycles. The van der Waals surface area contributed by atoms with Crippen LogP contribution in [0.1, 0.15) is 35.5 Å². The molecule has 10 nitrogen and oxygen atoms in total. The van der Waals surface area contributed by atoms with Crippen molar-refractivity contribution >= 4 is 35.0 Å². The Morgan fingerprint density at radius 1 is 1.14 bits per heavy atom. The van der Waals surface area contributed by atoms with Crippen molar-refractivity contribution in [3.63, 3.8) is 0 Å². The molecule has 196 valence electrons. The van der Waals surface area contributed by atoms with E-state index in [-0.39, 0.29) is 29.2 Å². The van der Waals surface area contributed by atoms with Crippen molar-refractivity contribution in [2.75, 3.05) is 38.5 Å². The highest BCUT2D eigenvalue weighted by atomic mass is 16.5. The summed E-state index contributed by atoms with van der Waals surface area (Å²) in [4.78, 5) is 42.5. The number of fused-ring (bicyclic) bond motifs is 1. The number of aryl methyl sites for hydroxylation is 1. The number of carbonyl (C=O) groups excluding carboxylic acids is 3. The van der Waals surface area contributed by atoms with E-state index in [0.717, 1.165) is 56.9 Å². The smallest absolute Gasteiger partial charge is 0.286 e. The molecule has 5 rings (SSSR count). The van der Waals surface area contributed by atoms with Crippen molar-refractivity contribution in [2.45, 2.75) is 32.3 Å². The Kier molecular flexibility index (Phi) is 8.39. The van der Waals surface area contributed by atoms with Crippen molar-refractivity contribution < 1.29 is 23.5 Å². The van der Waals surface area contributed by atoms with Crippen LogP contribution in [-0.2, 0) is 9.59 Å². The summed E-state index contributed by atoms with van der Waals surface area (Å²) in [7, 11) is 2.10. The van der Waals surface area contributed by atoms with Gasteiger partial charge in [-0.2, -0.15) is 0 Å². The number of furan rings is 1. The van der Waals surface area contributed by atoms with E-state index in [1.165, 1.54) is 0 Å². The Morgan fingerprint density at radius 2 is 1.92 bits per heavy atom. The summed E-state index contributed by atoms with van der Waals surface area (Å²) in [6.45, 7) is 5.37. The number of carbonyl (C=O) groups is 3. The number of ether oxygens (including phenoxy) is 1. The Balaban J connectivity index is 0.000000180. The predicted molar refractivity (Wildman–Crippen MR) is 139 cm³/mol. The first-order chi connectivity index (χ1) is 17.9. The number of nitrogens with two attached hydrogens (primary N) is 1. The molecule has 10 heteroatoms. The average molecular weight is 508 g/mol. The lowest BCUT2D eigenvalue weighted by Crippen LogP contribution is -2.43. The zero-order valence-electron chi connectivity index (χ0n) is 21.2. The van der Waals surface area contributed by atoms with E-state index in [1.807, 2.05) is 35.2 Å². The first-order valence-corrected chi connectivity index (χ1v) is 12.4. The third-order valence-electron chi connectivity index (χ3n) is 6.60. The molecular formula is C27H33N5O5. The molecule has 2 aliphatic rings. The van der Waals surface area contributed by atoms with E-state index >= 15 is 0 Å². The zero-order valence-corrected chi connectivity index (χ0v) is 21.2. The van der Waals surface area contributed by atoms with Gasteiger partial charge in [-0.05, 0) is 57.6 Å². The molecule has 3 N–H and O–H groups in total. The van der Waals surface area contributed by atoms with E-state index < -0.39 is 5.91 Å². The SMILES string of the molecule is CN1CCCC(C(=O)N2CCC(Oc3ccccc3)C2)C1.Cc1ccc2c(NC=O)c(C(N)=O)oc2n1. The molecule has 2 aromatic heterocycles. The molecule has 3 amide bonds. The number of primary amides is 1. The summed E-state index contributed by atoms with van der Waals surface area (Å²) in [5.41, 5.74) is 6.41. The number of anilines is 1. The lowest BCUT2D eigenvalue weighted by atomic mass is 9.97. The molecule has 4 heterocycles. The van der Waals surface area contributed by atoms with Crippen LogP contribution in [0.25, 0.3) is 11.1 Å². The van der Waals surface area contributed by atoms with E-state index in [4.69, 9.17) is 14.9 Å². The number of rotatable bonds is 6. The number of aromatic nitrogens is 1. The highest BCUT2D eigenvalue weighted by Gasteiger charge is 2.33. The van der Waals surface area contributed by atoms with Gasteiger partial charge in [-0.25, -0.2) is 4.98 Å². The first kappa shape index (κ1) is 26.2. The Labute approximate surface area is 215 Å². The van der Waals surface area contributed by atoms with Gasteiger partial charge >= 0.3 is 0 Å². The fourth-order valence-corrected chi connectivity index (χ4v) is 4.79. The van der Waals surface area contributed by atoms with Crippen LogP contribution in [0.15, 0.2) is 46.9 Å². The lowest BCUT2D eigenvalue weighted by molar-refractivity contribution is -0.136. The number of benzene rings is 1. The molecule has 2 aliphatic heterocycles. The molecule has 3 aromatic rings. The second-order valence-electron chi connectivity index (χ2n) is 9.47. The zero-order chi connectivity index (χ0) is 26.4. The summed E-state index contributed by atoms with van der Waals surface area (Å²) in [6.07, 6.45) is 3.69. The fraction of sp³-hybridized carbons (Fsp3) is 0.407. The summed E-state index contributed by atoms with van der Waals surface area (Å²) >= 11 is 0. The first-order valence-electron chi connectivity index (χ1n) is 12.4. The number of hydrogen-bond acceptors (Lipinski definition) is 7. The van der Waals surface area contributed by atoms with Crippen molar-refractivity contribution in [3.8, 4) is 5.75 Å². The number of hydrogen-bond donors (Lipinski definition) is 2. The van der Waals surface area contributed by atoms with Crippen LogP contribution in [0, 0.1) is 12.8 Å². The van der Waals surface area contributed by atoms with E-state index in [0.29, 0.717) is 17.7 Å². The third kappa shape index (κ3) is 6.45. The van der Waals surface area contributed by atoms with Gasteiger partial charge in [0.15, 0.2) is 0 Å². The standard InChI is InChI=1S/C17H24N2O2.C10H9N3O3/c1-18-10-5-6-14(12-18)17(20)19-11-9-16(13-19)21-15-7-3-2-4-8-15;1-5-2-3-6-7(12-4-14)8(9(11)15)16-10(6)13-5/h2-4,7-8,14,16H,5-6,9-13H2,1H3;2-4H,1H3,(H2,11,15)(H,12,14). The molecule has 0 bridgehead atoms. The van der Waals surface area contributed by atoms with Crippen LogP contribution < -0.4 is 15.8 Å². The number of nitrogens with zero attached hydrogens (tertiary/aromatic N) is 3. The van der Waals surface area contributed by atoms with Crippen LogP contribution in [-0.4, -0.2) is 72.3 Å². The molecule has 2 fully saturated rings. The van der Waals surface area contributed by atoms with Crippen LogP contribution in [0.3, 0.4) is 0 Å². The van der Waals surface area contributed by atoms with E-state index in [2.05, 4.69) is 22.2 Å². The fourth-order valence-electron chi connectivity index (χ4n) is 4.79. The van der Waals surface area contributed by atoms with Crippen molar-refractivity contribution in [3.05, 3.63) is 53.9 Å². The number of para-hydroxylation sites is 1. The minimum Gasteiger partial charge on any atom is -0.489 e. The van der Waals surface area contributed by atoms with Gasteiger partial charge in [-0.1, -0.05) is 18.2 Å². The van der Waals surface area contributed by atoms with Crippen molar-refractivity contribution in [1.82, 2.24) is 14.8 Å². The highest BCUT2D eigenvalue weighted by Crippen LogP contribution is 2.29. The van der Waals surface area contributed by atoms with Crippen LogP contribution in [0.2, 0.25) is 0 Å². The molecule has 0 saturated carbocycles. The molecule has 0 radical (unpaired) electrons. The summed E-state index contributed by atoms with van der Waals surface area (Å²) in [5, 5.41) is 2.93. The molecule has 0 aliphatic carbocycles. The maximum atomic E-state index is 12.6. The minimum absolute atomic E-state index is 0.0970. The number of amides is 3. The lowest BCUT2D eigenvalue weighted by Gasteiger charge is -2.31. The monoisotopic (exact) mass is 507 g/mol. The summed E-state index contributed by atoms with van der Waals surface area (Å²) < 4.78 is 11.1. The maximum Gasteiger partial charge on any atom is 0.286 e. The summed E-state index contributed by atoms with van der Waals surface area (Å²) in [6, 6.07) is 13.3. The quantitative estimate of drug-likeness (QED) is 0.491. The van der Waals surface area contributed by atoms with Gasteiger partial charge in [0.05, 0.1) is 17.8 Å². The highest BCUT2D eigenvalue weighted by molar-refractivity contribution is 6.07. The van der Waals surface area contributed by atoms with Gasteiger partial charge in [0.1, 0.15) is 17.5 Å². The number of nitrogens with one attached hydrogen (secondary N) is 1.